The highest BCUT2D eigenvalue weighted by atomic mass is 79.9. The number of carbonyl (C=O) groups is 1. The molecule has 0 spiro atoms. The van der Waals surface area contributed by atoms with E-state index in [1.807, 2.05) is 18.2 Å². The second-order valence-corrected chi connectivity index (χ2v) is 6.91. The largest absolute Gasteiger partial charge is 0.367 e. The molecule has 0 fully saturated rings. The molecule has 0 bridgehead atoms. The summed E-state index contributed by atoms with van der Waals surface area (Å²) in [6, 6.07) is 5.89. The summed E-state index contributed by atoms with van der Waals surface area (Å²) in [5.74, 6) is 0. The van der Waals surface area contributed by atoms with Gasteiger partial charge in [-0.25, -0.2) is 0 Å². The summed E-state index contributed by atoms with van der Waals surface area (Å²) in [6.45, 7) is 8.63. The van der Waals surface area contributed by atoms with Crippen LogP contribution < -0.4 is 4.90 Å². The third kappa shape index (κ3) is 3.27. The van der Waals surface area contributed by atoms with E-state index in [2.05, 4.69) is 47.7 Å². The predicted molar refractivity (Wildman–Crippen MR) is 83.9 cm³/mol. The standard InChI is InChI=1S/C16H20BrNO/c1-16(2,3)13-6-8-18(9-7-13)15-5-4-14(17)10-12(15)11-19/h4-6,10-11H,7-9H2,1-3H3. The Bertz CT molecular complexity index is 514. The van der Waals surface area contributed by atoms with Gasteiger partial charge in [-0.15, -0.1) is 0 Å². The van der Waals surface area contributed by atoms with Crippen molar-refractivity contribution in [2.45, 2.75) is 27.2 Å². The Morgan fingerprint density at radius 3 is 2.58 bits per heavy atom. The minimum atomic E-state index is 0.249. The molecule has 2 nitrogen and oxygen atoms in total. The Morgan fingerprint density at radius 2 is 2.05 bits per heavy atom. The first-order valence-corrected chi connectivity index (χ1v) is 7.40. The molecule has 1 aromatic rings. The number of carbonyl (C=O) groups excluding carboxylic acids is 1. The second kappa shape index (κ2) is 5.49. The van der Waals surface area contributed by atoms with Gasteiger partial charge in [-0.1, -0.05) is 48.4 Å². The van der Waals surface area contributed by atoms with Crippen molar-refractivity contribution in [3.05, 3.63) is 39.9 Å². The summed E-state index contributed by atoms with van der Waals surface area (Å²) in [4.78, 5) is 13.5. The minimum Gasteiger partial charge on any atom is -0.367 e. The lowest BCUT2D eigenvalue weighted by atomic mass is 9.83. The van der Waals surface area contributed by atoms with Crippen LogP contribution in [0.3, 0.4) is 0 Å². The molecule has 19 heavy (non-hydrogen) atoms. The van der Waals surface area contributed by atoms with Gasteiger partial charge in [0.25, 0.3) is 0 Å². The van der Waals surface area contributed by atoms with E-state index in [9.17, 15) is 4.79 Å². The van der Waals surface area contributed by atoms with E-state index in [-0.39, 0.29) is 5.41 Å². The molecule has 3 heteroatoms. The Balaban J connectivity index is 2.23. The quantitative estimate of drug-likeness (QED) is 0.592. The van der Waals surface area contributed by atoms with Crippen LogP contribution in [0.5, 0.6) is 0 Å². The molecule has 1 aliphatic rings. The monoisotopic (exact) mass is 321 g/mol. The van der Waals surface area contributed by atoms with Crippen LogP contribution in [0.2, 0.25) is 0 Å². The molecule has 0 N–H and O–H groups in total. The highest BCUT2D eigenvalue weighted by Gasteiger charge is 2.22. The molecule has 0 aliphatic carbocycles. The number of benzene rings is 1. The average Bonchev–Trinajstić information content (AvgIpc) is 2.37. The average molecular weight is 322 g/mol. The van der Waals surface area contributed by atoms with Crippen LogP contribution in [-0.4, -0.2) is 19.4 Å². The van der Waals surface area contributed by atoms with Gasteiger partial charge < -0.3 is 4.90 Å². The minimum absolute atomic E-state index is 0.249. The lowest BCUT2D eigenvalue weighted by molar-refractivity contribution is 0.112. The van der Waals surface area contributed by atoms with Crippen LogP contribution in [0.1, 0.15) is 37.6 Å². The summed E-state index contributed by atoms with van der Waals surface area (Å²) in [7, 11) is 0. The number of hydrogen-bond donors (Lipinski definition) is 0. The molecular formula is C16H20BrNO. The van der Waals surface area contributed by atoms with Gasteiger partial charge in [0, 0.05) is 28.8 Å². The highest BCUT2D eigenvalue weighted by Crippen LogP contribution is 2.32. The molecule has 0 amide bonds. The summed E-state index contributed by atoms with van der Waals surface area (Å²) in [5.41, 5.74) is 3.54. The summed E-state index contributed by atoms with van der Waals surface area (Å²) < 4.78 is 0.946. The van der Waals surface area contributed by atoms with E-state index in [0.717, 1.165) is 41.5 Å². The van der Waals surface area contributed by atoms with E-state index >= 15 is 0 Å². The van der Waals surface area contributed by atoms with Gasteiger partial charge in [0.15, 0.2) is 6.29 Å². The number of rotatable bonds is 2. The van der Waals surface area contributed by atoms with Gasteiger partial charge >= 0.3 is 0 Å². The van der Waals surface area contributed by atoms with Crippen LogP contribution in [-0.2, 0) is 0 Å². The van der Waals surface area contributed by atoms with Crippen molar-refractivity contribution in [3.63, 3.8) is 0 Å². The van der Waals surface area contributed by atoms with Crippen molar-refractivity contribution in [1.82, 2.24) is 0 Å². The van der Waals surface area contributed by atoms with Gasteiger partial charge in [0.1, 0.15) is 0 Å². The van der Waals surface area contributed by atoms with Gasteiger partial charge in [-0.3, -0.25) is 4.79 Å². The zero-order valence-electron chi connectivity index (χ0n) is 11.7. The van der Waals surface area contributed by atoms with Crippen molar-refractivity contribution < 1.29 is 4.79 Å². The van der Waals surface area contributed by atoms with E-state index in [0.29, 0.717) is 0 Å². The molecule has 0 atom stereocenters. The van der Waals surface area contributed by atoms with Gasteiger partial charge in [0.05, 0.1) is 0 Å². The van der Waals surface area contributed by atoms with Crippen molar-refractivity contribution in [1.29, 1.82) is 0 Å². The zero-order chi connectivity index (χ0) is 14.0. The Labute approximate surface area is 123 Å². The van der Waals surface area contributed by atoms with Crippen LogP contribution in [0, 0.1) is 5.41 Å². The summed E-state index contributed by atoms with van der Waals surface area (Å²) in [5, 5.41) is 0. The molecule has 0 saturated heterocycles. The van der Waals surface area contributed by atoms with E-state index in [1.165, 1.54) is 5.57 Å². The van der Waals surface area contributed by atoms with E-state index in [4.69, 9.17) is 0 Å². The van der Waals surface area contributed by atoms with Crippen molar-refractivity contribution >= 4 is 27.9 Å². The third-order valence-electron chi connectivity index (χ3n) is 3.63. The van der Waals surface area contributed by atoms with E-state index < -0.39 is 0 Å². The first-order valence-electron chi connectivity index (χ1n) is 6.61. The van der Waals surface area contributed by atoms with Crippen LogP contribution in [0.15, 0.2) is 34.3 Å². The van der Waals surface area contributed by atoms with Crippen molar-refractivity contribution in [3.8, 4) is 0 Å². The normalized spacial score (nSPS) is 16.2. The maximum atomic E-state index is 11.2. The predicted octanol–water partition coefficient (Wildman–Crippen LogP) is 4.44. The SMILES string of the molecule is CC(C)(C)C1=CCN(c2ccc(Br)cc2C=O)CC1. The third-order valence-corrected chi connectivity index (χ3v) is 4.12. The number of halogens is 1. The molecule has 0 radical (unpaired) electrons. The first kappa shape index (κ1) is 14.3. The Kier molecular flexibility index (Phi) is 4.14. The maximum absolute atomic E-state index is 11.2. The Hall–Kier alpha value is -1.09. The molecular weight excluding hydrogens is 302 g/mol. The Morgan fingerprint density at radius 1 is 1.32 bits per heavy atom. The molecule has 1 aliphatic heterocycles. The first-order chi connectivity index (χ1) is 8.91. The van der Waals surface area contributed by atoms with Gasteiger partial charge in [-0.05, 0) is 30.0 Å². The van der Waals surface area contributed by atoms with Crippen molar-refractivity contribution in [2.75, 3.05) is 18.0 Å². The topological polar surface area (TPSA) is 20.3 Å². The van der Waals surface area contributed by atoms with Gasteiger partial charge in [0.2, 0.25) is 0 Å². The fourth-order valence-electron chi connectivity index (χ4n) is 2.48. The lowest BCUT2D eigenvalue weighted by Crippen LogP contribution is -2.31. The van der Waals surface area contributed by atoms with E-state index in [1.54, 1.807) is 0 Å². The van der Waals surface area contributed by atoms with Gasteiger partial charge in [-0.2, -0.15) is 0 Å². The summed E-state index contributed by atoms with van der Waals surface area (Å²) in [6.07, 6.45) is 4.31. The highest BCUT2D eigenvalue weighted by molar-refractivity contribution is 9.10. The number of nitrogens with zero attached hydrogens (tertiary/aromatic N) is 1. The number of hydrogen-bond acceptors (Lipinski definition) is 2. The molecule has 102 valence electrons. The van der Waals surface area contributed by atoms with Crippen LogP contribution in [0.4, 0.5) is 5.69 Å². The fraction of sp³-hybridized carbons (Fsp3) is 0.438. The smallest absolute Gasteiger partial charge is 0.152 e. The number of aldehydes is 1. The molecule has 1 heterocycles. The van der Waals surface area contributed by atoms with Crippen LogP contribution >= 0.6 is 15.9 Å². The molecule has 0 unspecified atom stereocenters. The lowest BCUT2D eigenvalue weighted by Gasteiger charge is -2.34. The maximum Gasteiger partial charge on any atom is 0.152 e. The number of anilines is 1. The summed E-state index contributed by atoms with van der Waals surface area (Å²) >= 11 is 3.41. The zero-order valence-corrected chi connectivity index (χ0v) is 13.3. The van der Waals surface area contributed by atoms with Crippen LogP contribution in [0.25, 0.3) is 0 Å². The molecule has 0 aromatic heterocycles. The molecule has 0 saturated carbocycles. The second-order valence-electron chi connectivity index (χ2n) is 6.00. The fourth-order valence-corrected chi connectivity index (χ4v) is 2.86. The van der Waals surface area contributed by atoms with Crippen molar-refractivity contribution in [2.24, 2.45) is 5.41 Å². The molecule has 2 rings (SSSR count). The molecule has 1 aromatic carbocycles.